The molecule has 0 aliphatic rings. The Labute approximate surface area is 114 Å². The molecular weight excluding hydrogens is 248 g/mol. The first-order valence-electron chi connectivity index (χ1n) is 6.56. The smallest absolute Gasteiger partial charge is 0.236 e. The summed E-state index contributed by atoms with van der Waals surface area (Å²) in [4.78, 5) is 22.7. The van der Waals surface area contributed by atoms with Gasteiger partial charge in [0.2, 0.25) is 11.8 Å². The summed E-state index contributed by atoms with van der Waals surface area (Å²) in [6.07, 6.45) is 0.800. The lowest BCUT2D eigenvalue weighted by atomic mass is 10.1. The van der Waals surface area contributed by atoms with Crippen LogP contribution in [0.25, 0.3) is 0 Å². The molecule has 0 fully saturated rings. The number of amides is 2. The molecule has 112 valence electrons. The highest BCUT2D eigenvalue weighted by molar-refractivity contribution is 5.75. The third kappa shape index (κ3) is 8.52. The normalized spacial score (nSPS) is 10.6. The second kappa shape index (κ2) is 9.71. The van der Waals surface area contributed by atoms with Gasteiger partial charge in [0, 0.05) is 12.8 Å². The lowest BCUT2D eigenvalue weighted by molar-refractivity contribution is -0.133. The van der Waals surface area contributed by atoms with E-state index in [1.54, 1.807) is 6.92 Å². The molecule has 0 heterocycles. The first kappa shape index (κ1) is 17.8. The molecule has 19 heavy (non-hydrogen) atoms. The van der Waals surface area contributed by atoms with Crippen LogP contribution >= 0.6 is 0 Å². The van der Waals surface area contributed by atoms with Crippen molar-refractivity contribution in [1.82, 2.24) is 10.0 Å². The van der Waals surface area contributed by atoms with E-state index < -0.39 is 0 Å². The van der Waals surface area contributed by atoms with Crippen molar-refractivity contribution in [3.05, 3.63) is 0 Å². The van der Waals surface area contributed by atoms with E-state index in [1.807, 2.05) is 13.8 Å². The topological polar surface area (TPSA) is 102 Å². The van der Waals surface area contributed by atoms with Crippen LogP contribution in [0, 0.1) is 5.92 Å². The third-order valence-corrected chi connectivity index (χ3v) is 2.48. The largest absolute Gasteiger partial charge is 0.378 e. The fourth-order valence-electron chi connectivity index (χ4n) is 1.35. The molecule has 7 heteroatoms. The Kier molecular flexibility index (Phi) is 9.11. The van der Waals surface area contributed by atoms with Crippen molar-refractivity contribution in [3.8, 4) is 0 Å². The van der Waals surface area contributed by atoms with Crippen LogP contribution in [0.3, 0.4) is 0 Å². The highest BCUT2D eigenvalue weighted by atomic mass is 16.5. The lowest BCUT2D eigenvalue weighted by Gasteiger charge is -2.19. The van der Waals surface area contributed by atoms with Crippen LogP contribution in [0.4, 0.5) is 0 Å². The zero-order chi connectivity index (χ0) is 14.8. The van der Waals surface area contributed by atoms with Crippen molar-refractivity contribution in [1.29, 1.82) is 0 Å². The van der Waals surface area contributed by atoms with Gasteiger partial charge in [-0.2, -0.15) is 0 Å². The molecule has 0 aromatic carbocycles. The van der Waals surface area contributed by atoms with Gasteiger partial charge in [0.1, 0.15) is 0 Å². The zero-order valence-electron chi connectivity index (χ0n) is 12.1. The van der Waals surface area contributed by atoms with E-state index in [1.165, 1.54) is 0 Å². The Morgan fingerprint density at radius 3 is 1.95 bits per heavy atom. The third-order valence-electron chi connectivity index (χ3n) is 2.48. The number of nitrogens with zero attached hydrogens (tertiary/aromatic N) is 2. The summed E-state index contributed by atoms with van der Waals surface area (Å²) in [5.41, 5.74) is 0. The van der Waals surface area contributed by atoms with Crippen LogP contribution in [0.5, 0.6) is 0 Å². The highest BCUT2D eigenvalue weighted by Gasteiger charge is 2.11. The highest BCUT2D eigenvalue weighted by Crippen LogP contribution is 2.01. The first-order chi connectivity index (χ1) is 8.88. The maximum atomic E-state index is 11.5. The van der Waals surface area contributed by atoms with Crippen LogP contribution < -0.4 is 11.7 Å². The van der Waals surface area contributed by atoms with Gasteiger partial charge in [0.15, 0.2) is 0 Å². The summed E-state index contributed by atoms with van der Waals surface area (Å²) >= 11 is 0. The lowest BCUT2D eigenvalue weighted by Crippen LogP contribution is -2.41. The summed E-state index contributed by atoms with van der Waals surface area (Å²) in [6.45, 7) is 6.99. The minimum atomic E-state index is -0.129. The zero-order valence-corrected chi connectivity index (χ0v) is 12.1. The summed E-state index contributed by atoms with van der Waals surface area (Å²) in [5.74, 6) is 11.1. The minimum absolute atomic E-state index is 0.0970. The number of hydrazine groups is 2. The van der Waals surface area contributed by atoms with Crippen LogP contribution in [-0.4, -0.2) is 48.1 Å². The SMILES string of the molecule is CCC(=O)N(N)CCOCCN(N)C(=O)CC(C)C. The molecule has 0 spiro atoms. The van der Waals surface area contributed by atoms with E-state index in [9.17, 15) is 9.59 Å². The van der Waals surface area contributed by atoms with Crippen molar-refractivity contribution in [2.45, 2.75) is 33.6 Å². The van der Waals surface area contributed by atoms with Crippen molar-refractivity contribution in [2.75, 3.05) is 26.3 Å². The van der Waals surface area contributed by atoms with Crippen LogP contribution in [0.15, 0.2) is 0 Å². The number of carbonyl (C=O) groups excluding carboxylic acids is 2. The molecule has 0 aliphatic heterocycles. The maximum Gasteiger partial charge on any atom is 0.236 e. The van der Waals surface area contributed by atoms with Crippen LogP contribution in [0.1, 0.15) is 33.6 Å². The Balaban J connectivity index is 3.64. The standard InChI is InChI=1S/C12H26N4O3/c1-4-11(17)15(13)5-7-19-8-6-16(14)12(18)9-10(2)3/h10H,4-9,13-14H2,1-3H3. The Morgan fingerprint density at radius 1 is 1.05 bits per heavy atom. The van der Waals surface area contributed by atoms with Crippen LogP contribution in [0.2, 0.25) is 0 Å². The van der Waals surface area contributed by atoms with Gasteiger partial charge in [-0.1, -0.05) is 20.8 Å². The van der Waals surface area contributed by atoms with Gasteiger partial charge in [0.05, 0.1) is 26.3 Å². The second-order valence-corrected chi connectivity index (χ2v) is 4.74. The Hall–Kier alpha value is -1.18. The van der Waals surface area contributed by atoms with E-state index in [4.69, 9.17) is 16.4 Å². The first-order valence-corrected chi connectivity index (χ1v) is 6.56. The molecule has 0 atom stereocenters. The number of ether oxygens (including phenoxy) is 1. The Morgan fingerprint density at radius 2 is 1.53 bits per heavy atom. The average molecular weight is 274 g/mol. The molecule has 4 N–H and O–H groups in total. The van der Waals surface area contributed by atoms with E-state index in [-0.39, 0.29) is 17.7 Å². The fourth-order valence-corrected chi connectivity index (χ4v) is 1.35. The predicted molar refractivity (Wildman–Crippen MR) is 72.4 cm³/mol. The van der Waals surface area contributed by atoms with Crippen molar-refractivity contribution in [3.63, 3.8) is 0 Å². The van der Waals surface area contributed by atoms with Crippen molar-refractivity contribution >= 4 is 11.8 Å². The van der Waals surface area contributed by atoms with Gasteiger partial charge in [-0.15, -0.1) is 0 Å². The van der Waals surface area contributed by atoms with Gasteiger partial charge < -0.3 is 4.74 Å². The summed E-state index contributed by atoms with van der Waals surface area (Å²) in [6, 6.07) is 0. The number of hydrogen-bond donors (Lipinski definition) is 2. The second-order valence-electron chi connectivity index (χ2n) is 4.74. The summed E-state index contributed by atoms with van der Waals surface area (Å²) in [7, 11) is 0. The monoisotopic (exact) mass is 274 g/mol. The van der Waals surface area contributed by atoms with E-state index >= 15 is 0 Å². The number of nitrogens with two attached hydrogens (primary N) is 2. The van der Waals surface area contributed by atoms with E-state index in [0.717, 1.165) is 10.0 Å². The Bertz CT molecular complexity index is 284. The van der Waals surface area contributed by atoms with Gasteiger partial charge in [0.25, 0.3) is 0 Å². The molecule has 0 bridgehead atoms. The molecule has 0 aliphatic carbocycles. The number of hydrogen-bond acceptors (Lipinski definition) is 5. The summed E-state index contributed by atoms with van der Waals surface area (Å²) < 4.78 is 5.28. The molecule has 0 unspecified atom stereocenters. The predicted octanol–water partition coefficient (Wildman–Crippen LogP) is -0.136. The van der Waals surface area contributed by atoms with Gasteiger partial charge in [-0.3, -0.25) is 19.6 Å². The minimum Gasteiger partial charge on any atom is -0.378 e. The molecule has 0 saturated heterocycles. The van der Waals surface area contributed by atoms with Crippen LogP contribution in [-0.2, 0) is 14.3 Å². The van der Waals surface area contributed by atoms with Gasteiger partial charge in [-0.05, 0) is 5.92 Å². The molecule has 7 nitrogen and oxygen atoms in total. The maximum absolute atomic E-state index is 11.5. The molecule has 0 aromatic heterocycles. The molecule has 0 radical (unpaired) electrons. The average Bonchev–Trinajstić information content (AvgIpc) is 2.35. The molecule has 0 aromatic rings. The number of carbonyl (C=O) groups is 2. The molecule has 2 amide bonds. The number of rotatable bonds is 9. The molecule has 0 saturated carbocycles. The van der Waals surface area contributed by atoms with E-state index in [2.05, 4.69) is 0 Å². The van der Waals surface area contributed by atoms with Gasteiger partial charge in [-0.25, -0.2) is 11.7 Å². The van der Waals surface area contributed by atoms with Crippen molar-refractivity contribution in [2.24, 2.45) is 17.6 Å². The van der Waals surface area contributed by atoms with E-state index in [0.29, 0.717) is 39.1 Å². The fraction of sp³-hybridized carbons (Fsp3) is 0.833. The van der Waals surface area contributed by atoms with Gasteiger partial charge >= 0.3 is 0 Å². The molecular formula is C12H26N4O3. The van der Waals surface area contributed by atoms with Crippen molar-refractivity contribution < 1.29 is 14.3 Å². The quantitative estimate of drug-likeness (QED) is 0.264. The summed E-state index contributed by atoms with van der Waals surface area (Å²) in [5, 5.41) is 2.29. The molecule has 0 rings (SSSR count).